The Morgan fingerprint density at radius 1 is 1.08 bits per heavy atom. The van der Waals surface area contributed by atoms with Crippen LogP contribution in [0.25, 0.3) is 6.08 Å². The van der Waals surface area contributed by atoms with Gasteiger partial charge in [0.2, 0.25) is 0 Å². The number of thiazole rings is 1. The number of carbonyl (C=O) groups excluding carboxylic acids is 2. The molecule has 8 nitrogen and oxygen atoms in total. The van der Waals surface area contributed by atoms with Crippen LogP contribution in [0, 0.1) is 0 Å². The average molecular weight is 560 g/mol. The van der Waals surface area contributed by atoms with Gasteiger partial charge in [0.15, 0.2) is 11.4 Å². The van der Waals surface area contributed by atoms with Crippen molar-refractivity contribution < 1.29 is 19.1 Å². The summed E-state index contributed by atoms with van der Waals surface area (Å²) in [5.74, 6) is -0.215. The van der Waals surface area contributed by atoms with E-state index in [2.05, 4.69) is 10.3 Å². The van der Waals surface area contributed by atoms with Crippen LogP contribution in [0.15, 0.2) is 93.2 Å². The Kier molecular flexibility index (Phi) is 7.85. The summed E-state index contributed by atoms with van der Waals surface area (Å²) < 4.78 is 12.4. The molecule has 1 aliphatic heterocycles. The minimum absolute atomic E-state index is 0.173. The lowest BCUT2D eigenvalue weighted by molar-refractivity contribution is -0.145. The van der Waals surface area contributed by atoms with Crippen molar-refractivity contribution in [2.75, 3.05) is 18.5 Å². The van der Waals surface area contributed by atoms with Crippen LogP contribution in [0.3, 0.4) is 0 Å². The van der Waals surface area contributed by atoms with Crippen LogP contribution in [-0.4, -0.2) is 29.7 Å². The Labute approximate surface area is 232 Å². The van der Waals surface area contributed by atoms with Gasteiger partial charge in [-0.1, -0.05) is 47.7 Å². The molecule has 0 fully saturated rings. The molecule has 39 heavy (non-hydrogen) atoms. The molecule has 1 unspecified atom stereocenters. The van der Waals surface area contributed by atoms with Crippen molar-refractivity contribution in [1.82, 2.24) is 4.57 Å². The summed E-state index contributed by atoms with van der Waals surface area (Å²) in [5, 5.41) is 4.88. The fraction of sp³-hybridized carbons (Fsp3) is 0.172. The first-order valence-corrected chi connectivity index (χ1v) is 13.9. The van der Waals surface area contributed by atoms with Crippen LogP contribution < -0.4 is 24.9 Å². The molecule has 1 aliphatic rings. The van der Waals surface area contributed by atoms with Crippen LogP contribution in [0.5, 0.6) is 5.75 Å². The van der Waals surface area contributed by atoms with E-state index in [0.29, 0.717) is 38.6 Å². The molecule has 2 aromatic heterocycles. The molecule has 4 aromatic rings. The van der Waals surface area contributed by atoms with Crippen molar-refractivity contribution in [3.63, 3.8) is 0 Å². The average Bonchev–Trinajstić information content (AvgIpc) is 3.57. The van der Waals surface area contributed by atoms with Crippen molar-refractivity contribution >= 4 is 46.3 Å². The van der Waals surface area contributed by atoms with Crippen LogP contribution in [0.4, 0.5) is 5.69 Å². The molecule has 198 valence electrons. The van der Waals surface area contributed by atoms with Gasteiger partial charge in [0.05, 0.1) is 22.4 Å². The summed E-state index contributed by atoms with van der Waals surface area (Å²) in [7, 11) is 0. The lowest BCUT2D eigenvalue weighted by Gasteiger charge is -2.24. The zero-order valence-corrected chi connectivity index (χ0v) is 22.9. The zero-order valence-electron chi connectivity index (χ0n) is 21.2. The summed E-state index contributed by atoms with van der Waals surface area (Å²) in [4.78, 5) is 44.8. The highest BCUT2D eigenvalue weighted by Crippen LogP contribution is 2.33. The monoisotopic (exact) mass is 559 g/mol. The van der Waals surface area contributed by atoms with E-state index in [9.17, 15) is 14.4 Å². The number of para-hydroxylation sites is 1. The second-order valence-corrected chi connectivity index (χ2v) is 10.6. The number of nitrogens with one attached hydrogen (secondary N) is 1. The number of allylic oxidation sites excluding steroid dienone is 1. The Morgan fingerprint density at radius 2 is 1.85 bits per heavy atom. The summed E-state index contributed by atoms with van der Waals surface area (Å²) in [6.45, 7) is 3.66. The lowest BCUT2D eigenvalue weighted by atomic mass is 10.0. The quantitative estimate of drug-likeness (QED) is 0.331. The number of rotatable bonds is 8. The van der Waals surface area contributed by atoms with E-state index in [-0.39, 0.29) is 18.1 Å². The van der Waals surface area contributed by atoms with Crippen LogP contribution >= 0.6 is 22.7 Å². The number of anilines is 1. The van der Waals surface area contributed by atoms with Crippen LogP contribution in [0.1, 0.15) is 30.3 Å². The van der Waals surface area contributed by atoms with Crippen LogP contribution in [0.2, 0.25) is 0 Å². The molecular weight excluding hydrogens is 534 g/mol. The maximum Gasteiger partial charge on any atom is 0.344 e. The predicted molar refractivity (Wildman–Crippen MR) is 152 cm³/mol. The molecule has 0 saturated heterocycles. The summed E-state index contributed by atoms with van der Waals surface area (Å²) >= 11 is 2.77. The van der Waals surface area contributed by atoms with Crippen molar-refractivity contribution in [2.24, 2.45) is 4.99 Å². The molecule has 3 heterocycles. The van der Waals surface area contributed by atoms with E-state index in [1.807, 2.05) is 47.8 Å². The Hall–Kier alpha value is -4.28. The fourth-order valence-electron chi connectivity index (χ4n) is 4.20. The normalized spacial score (nSPS) is 14.9. The van der Waals surface area contributed by atoms with E-state index < -0.39 is 12.0 Å². The Balaban J connectivity index is 1.48. The van der Waals surface area contributed by atoms with E-state index >= 15 is 0 Å². The molecule has 0 spiro atoms. The third-order valence-electron chi connectivity index (χ3n) is 5.95. The number of hydrogen-bond donors (Lipinski definition) is 1. The minimum Gasteiger partial charge on any atom is -0.482 e. The summed E-state index contributed by atoms with van der Waals surface area (Å²) in [5.41, 5.74) is 2.23. The largest absolute Gasteiger partial charge is 0.482 e. The molecule has 1 atom stereocenters. The minimum atomic E-state index is -0.592. The maximum atomic E-state index is 13.7. The highest BCUT2D eigenvalue weighted by Gasteiger charge is 2.33. The molecule has 0 bridgehead atoms. The van der Waals surface area contributed by atoms with E-state index in [4.69, 9.17) is 9.47 Å². The SMILES string of the molecule is CCOC(=O)COc1ccc(C=c2sc3n(c2=O)C(c2cccs2)C(C(=O)Nc2ccccc2)=C(C)N=3)cc1. The van der Waals surface area contributed by atoms with Gasteiger partial charge in [0, 0.05) is 10.6 Å². The molecular formula is C29H25N3O5S2. The van der Waals surface area contributed by atoms with Gasteiger partial charge in [-0.15, -0.1) is 11.3 Å². The number of carbonyl (C=O) groups is 2. The van der Waals surface area contributed by atoms with Gasteiger partial charge in [0.1, 0.15) is 11.8 Å². The molecule has 1 N–H and O–H groups in total. The van der Waals surface area contributed by atoms with Gasteiger partial charge in [-0.2, -0.15) is 0 Å². The molecule has 1 amide bonds. The number of hydrogen-bond acceptors (Lipinski definition) is 8. The molecule has 5 rings (SSSR count). The number of fused-ring (bicyclic) bond motifs is 1. The summed E-state index contributed by atoms with van der Waals surface area (Å²) in [6, 6.07) is 19.5. The summed E-state index contributed by atoms with van der Waals surface area (Å²) in [6.07, 6.45) is 1.79. The third kappa shape index (κ3) is 5.76. The van der Waals surface area contributed by atoms with Gasteiger partial charge in [0.25, 0.3) is 11.5 Å². The number of nitrogens with zero attached hydrogens (tertiary/aromatic N) is 2. The van der Waals surface area contributed by atoms with Gasteiger partial charge in [-0.25, -0.2) is 9.79 Å². The number of ether oxygens (including phenoxy) is 2. The first-order valence-electron chi connectivity index (χ1n) is 12.3. The van der Waals surface area contributed by atoms with E-state index in [1.165, 1.54) is 22.7 Å². The topological polar surface area (TPSA) is 99.0 Å². The smallest absolute Gasteiger partial charge is 0.344 e. The molecule has 0 radical (unpaired) electrons. The number of benzene rings is 2. The van der Waals surface area contributed by atoms with Crippen molar-refractivity contribution in [3.8, 4) is 5.75 Å². The second kappa shape index (κ2) is 11.6. The second-order valence-electron chi connectivity index (χ2n) is 8.58. The Morgan fingerprint density at radius 3 is 2.54 bits per heavy atom. The van der Waals surface area contributed by atoms with Crippen molar-refractivity contribution in [1.29, 1.82) is 0 Å². The lowest BCUT2D eigenvalue weighted by Crippen LogP contribution is -2.40. The highest BCUT2D eigenvalue weighted by molar-refractivity contribution is 7.10. The van der Waals surface area contributed by atoms with Gasteiger partial charge in [-0.3, -0.25) is 14.2 Å². The van der Waals surface area contributed by atoms with E-state index in [0.717, 1.165) is 10.4 Å². The molecule has 2 aromatic carbocycles. The van der Waals surface area contributed by atoms with Crippen molar-refractivity contribution in [3.05, 3.63) is 114 Å². The highest BCUT2D eigenvalue weighted by atomic mass is 32.1. The number of thiophene rings is 1. The molecule has 0 saturated carbocycles. The Bertz CT molecular complexity index is 1700. The molecule has 10 heteroatoms. The number of esters is 1. The third-order valence-corrected chi connectivity index (χ3v) is 7.86. The predicted octanol–water partition coefficient (Wildman–Crippen LogP) is 3.88. The zero-order chi connectivity index (χ0) is 27.4. The van der Waals surface area contributed by atoms with E-state index in [1.54, 1.807) is 48.8 Å². The van der Waals surface area contributed by atoms with Gasteiger partial charge < -0.3 is 14.8 Å². The maximum absolute atomic E-state index is 13.7. The van der Waals surface area contributed by atoms with Crippen LogP contribution in [-0.2, 0) is 14.3 Å². The first-order chi connectivity index (χ1) is 18.9. The number of aromatic nitrogens is 1. The first kappa shape index (κ1) is 26.3. The standard InChI is InChI=1S/C29H25N3O5S2/c1-3-36-24(33)17-37-21-13-11-19(12-14-21)16-23-28(35)32-26(22-10-7-15-38-22)25(18(2)30-29(32)39-23)27(34)31-20-8-5-4-6-9-20/h4-16,26H,3,17H2,1-2H3,(H,31,34). The van der Waals surface area contributed by atoms with Crippen molar-refractivity contribution in [2.45, 2.75) is 19.9 Å². The molecule has 0 aliphatic carbocycles. The number of amides is 1. The van der Waals surface area contributed by atoms with Gasteiger partial charge in [-0.05, 0) is 61.2 Å². The fourth-order valence-corrected chi connectivity index (χ4v) is 6.07. The van der Waals surface area contributed by atoms with Gasteiger partial charge >= 0.3 is 5.97 Å².